The van der Waals surface area contributed by atoms with Gasteiger partial charge in [0.25, 0.3) is 5.91 Å². The Morgan fingerprint density at radius 3 is 2.50 bits per heavy atom. The third kappa shape index (κ3) is 4.75. The molecule has 0 aromatic heterocycles. The molecule has 2 aliphatic rings. The number of halogens is 3. The third-order valence-electron chi connectivity index (χ3n) is 4.65. The maximum Gasteiger partial charge on any atom is 0.417 e. The number of carbonyl (C=O) groups is 2. The highest BCUT2D eigenvalue weighted by Gasteiger charge is 2.36. The maximum atomic E-state index is 13.1. The van der Waals surface area contributed by atoms with Crippen LogP contribution in [0.4, 0.5) is 13.2 Å². The number of nitrogens with zero attached hydrogens (tertiary/aromatic N) is 2. The van der Waals surface area contributed by atoms with Crippen LogP contribution >= 0.6 is 0 Å². The Kier molecular flexibility index (Phi) is 5.50. The molecule has 1 N–H and O–H groups in total. The summed E-state index contributed by atoms with van der Waals surface area (Å²) in [5.41, 5.74) is -1.23. The van der Waals surface area contributed by atoms with Gasteiger partial charge in [0.15, 0.2) is 0 Å². The van der Waals surface area contributed by atoms with E-state index in [1.807, 2.05) is 4.90 Å². The van der Waals surface area contributed by atoms with Gasteiger partial charge in [0, 0.05) is 32.2 Å². The molecule has 1 aliphatic heterocycles. The van der Waals surface area contributed by atoms with Crippen LogP contribution in [0.25, 0.3) is 0 Å². The Morgan fingerprint density at radius 1 is 1.08 bits per heavy atom. The smallest absolute Gasteiger partial charge is 0.352 e. The van der Waals surface area contributed by atoms with Crippen molar-refractivity contribution in [3.63, 3.8) is 0 Å². The Bertz CT molecular complexity index is 674. The first-order valence-electron chi connectivity index (χ1n) is 8.82. The van der Waals surface area contributed by atoms with Crippen LogP contribution in [0.5, 0.6) is 0 Å². The number of nitrogens with one attached hydrogen (secondary N) is 1. The fraction of sp³-hybridized carbons (Fsp3) is 0.556. The van der Waals surface area contributed by atoms with Crippen LogP contribution in [-0.4, -0.2) is 60.4 Å². The highest BCUT2D eigenvalue weighted by atomic mass is 19.4. The lowest BCUT2D eigenvalue weighted by atomic mass is 10.1. The minimum absolute atomic E-state index is 0.0327. The number of hydrogen-bond acceptors (Lipinski definition) is 3. The summed E-state index contributed by atoms with van der Waals surface area (Å²) in [4.78, 5) is 27.9. The van der Waals surface area contributed by atoms with Crippen LogP contribution < -0.4 is 5.32 Å². The molecule has 3 rings (SSSR count). The van der Waals surface area contributed by atoms with E-state index in [4.69, 9.17) is 0 Å². The van der Waals surface area contributed by atoms with Gasteiger partial charge < -0.3 is 10.2 Å². The minimum atomic E-state index is -4.56. The number of rotatable bonds is 4. The van der Waals surface area contributed by atoms with Crippen molar-refractivity contribution >= 4 is 11.8 Å². The SMILES string of the molecule is O=C(CN1CCCN(C(=O)c2ccccc2C(F)(F)F)CC1)NC1CC1. The summed E-state index contributed by atoms with van der Waals surface area (Å²) in [7, 11) is 0. The zero-order chi connectivity index (χ0) is 18.7. The van der Waals surface area contributed by atoms with Gasteiger partial charge in [-0.2, -0.15) is 13.2 Å². The molecule has 8 heteroatoms. The quantitative estimate of drug-likeness (QED) is 0.885. The fourth-order valence-electron chi connectivity index (χ4n) is 3.12. The lowest BCUT2D eigenvalue weighted by molar-refractivity contribution is -0.138. The summed E-state index contributed by atoms with van der Waals surface area (Å²) in [6.07, 6.45) is -1.90. The number of alkyl halides is 3. The van der Waals surface area contributed by atoms with E-state index >= 15 is 0 Å². The van der Waals surface area contributed by atoms with Gasteiger partial charge in [-0.1, -0.05) is 12.1 Å². The van der Waals surface area contributed by atoms with E-state index in [1.54, 1.807) is 0 Å². The second-order valence-corrected chi connectivity index (χ2v) is 6.81. The molecule has 1 aromatic carbocycles. The van der Waals surface area contributed by atoms with Gasteiger partial charge in [0.2, 0.25) is 5.91 Å². The van der Waals surface area contributed by atoms with Crippen molar-refractivity contribution in [2.45, 2.75) is 31.5 Å². The molecule has 1 aliphatic carbocycles. The van der Waals surface area contributed by atoms with E-state index in [1.165, 1.54) is 23.1 Å². The number of carbonyl (C=O) groups excluding carboxylic acids is 2. The molecule has 0 unspecified atom stereocenters. The first kappa shape index (κ1) is 18.7. The Morgan fingerprint density at radius 2 is 1.81 bits per heavy atom. The molecule has 2 fully saturated rings. The van der Waals surface area contributed by atoms with Crippen molar-refractivity contribution in [1.82, 2.24) is 15.1 Å². The van der Waals surface area contributed by atoms with E-state index in [0.29, 0.717) is 38.6 Å². The molecule has 0 spiro atoms. The molecule has 26 heavy (non-hydrogen) atoms. The van der Waals surface area contributed by atoms with E-state index in [0.717, 1.165) is 18.9 Å². The fourth-order valence-corrected chi connectivity index (χ4v) is 3.12. The van der Waals surface area contributed by atoms with Crippen molar-refractivity contribution in [3.8, 4) is 0 Å². The standard InChI is InChI=1S/C18H22F3N3O2/c19-18(20,21)15-5-2-1-4-14(15)17(26)24-9-3-8-23(10-11-24)12-16(25)22-13-6-7-13/h1-2,4-5,13H,3,6-12H2,(H,22,25). The first-order valence-corrected chi connectivity index (χ1v) is 8.82. The van der Waals surface area contributed by atoms with Crippen molar-refractivity contribution in [1.29, 1.82) is 0 Å². The zero-order valence-electron chi connectivity index (χ0n) is 14.4. The molecular weight excluding hydrogens is 347 g/mol. The molecule has 5 nitrogen and oxygen atoms in total. The number of hydrogen-bond donors (Lipinski definition) is 1. The molecule has 1 heterocycles. The Hall–Kier alpha value is -2.09. The van der Waals surface area contributed by atoms with Crippen LogP contribution in [0.3, 0.4) is 0 Å². The molecule has 1 saturated heterocycles. The monoisotopic (exact) mass is 369 g/mol. The number of benzene rings is 1. The van der Waals surface area contributed by atoms with Crippen molar-refractivity contribution in [2.75, 3.05) is 32.7 Å². The van der Waals surface area contributed by atoms with Gasteiger partial charge in [-0.25, -0.2) is 0 Å². The summed E-state index contributed by atoms with van der Waals surface area (Å²) in [5.74, 6) is -0.642. The van der Waals surface area contributed by atoms with E-state index in [9.17, 15) is 22.8 Å². The van der Waals surface area contributed by atoms with Gasteiger partial charge in [0.05, 0.1) is 17.7 Å². The largest absolute Gasteiger partial charge is 0.417 e. The lowest BCUT2D eigenvalue weighted by Gasteiger charge is -2.23. The van der Waals surface area contributed by atoms with Gasteiger partial charge in [-0.15, -0.1) is 0 Å². The van der Waals surface area contributed by atoms with Crippen LogP contribution in [0.15, 0.2) is 24.3 Å². The van der Waals surface area contributed by atoms with Crippen molar-refractivity contribution in [3.05, 3.63) is 35.4 Å². The van der Waals surface area contributed by atoms with Gasteiger partial charge in [0.1, 0.15) is 0 Å². The lowest BCUT2D eigenvalue weighted by Crippen LogP contribution is -2.40. The Balaban J connectivity index is 1.62. The van der Waals surface area contributed by atoms with Crippen molar-refractivity contribution < 1.29 is 22.8 Å². The summed E-state index contributed by atoms with van der Waals surface area (Å²) in [6, 6.07) is 5.17. The zero-order valence-corrected chi connectivity index (χ0v) is 14.4. The molecule has 2 amide bonds. The van der Waals surface area contributed by atoms with E-state index in [2.05, 4.69) is 5.32 Å². The normalized spacial score (nSPS) is 19.1. The van der Waals surface area contributed by atoms with E-state index < -0.39 is 17.6 Å². The van der Waals surface area contributed by atoms with Crippen LogP contribution in [0, 0.1) is 0 Å². The topological polar surface area (TPSA) is 52.7 Å². The summed E-state index contributed by atoms with van der Waals surface area (Å²) in [5, 5.41) is 2.92. The van der Waals surface area contributed by atoms with Crippen LogP contribution in [0.1, 0.15) is 35.2 Å². The van der Waals surface area contributed by atoms with Gasteiger partial charge in [-0.05, 0) is 31.4 Å². The molecule has 142 valence electrons. The highest BCUT2D eigenvalue weighted by molar-refractivity contribution is 5.96. The predicted molar refractivity (Wildman–Crippen MR) is 89.6 cm³/mol. The summed E-state index contributed by atoms with van der Waals surface area (Å²) in [6.45, 7) is 2.06. The predicted octanol–water partition coefficient (Wildman–Crippen LogP) is 2.13. The van der Waals surface area contributed by atoms with Crippen LogP contribution in [-0.2, 0) is 11.0 Å². The number of amides is 2. The van der Waals surface area contributed by atoms with Gasteiger partial charge in [-0.3, -0.25) is 14.5 Å². The summed E-state index contributed by atoms with van der Waals surface area (Å²) >= 11 is 0. The average Bonchev–Trinajstić information content (AvgIpc) is 3.41. The second kappa shape index (κ2) is 7.65. The van der Waals surface area contributed by atoms with Crippen molar-refractivity contribution in [2.24, 2.45) is 0 Å². The molecule has 0 bridgehead atoms. The molecule has 0 radical (unpaired) electrons. The summed E-state index contributed by atoms with van der Waals surface area (Å²) < 4.78 is 39.4. The minimum Gasteiger partial charge on any atom is -0.352 e. The maximum absolute atomic E-state index is 13.1. The van der Waals surface area contributed by atoms with Gasteiger partial charge >= 0.3 is 6.18 Å². The third-order valence-corrected chi connectivity index (χ3v) is 4.65. The second-order valence-electron chi connectivity index (χ2n) is 6.81. The van der Waals surface area contributed by atoms with E-state index in [-0.39, 0.29) is 18.0 Å². The average molecular weight is 369 g/mol. The molecule has 1 aromatic rings. The first-order chi connectivity index (χ1) is 12.3. The Labute approximate surface area is 150 Å². The van der Waals surface area contributed by atoms with Crippen LogP contribution in [0.2, 0.25) is 0 Å². The molecule has 0 atom stereocenters. The molecule has 1 saturated carbocycles. The highest BCUT2D eigenvalue weighted by Crippen LogP contribution is 2.32. The molecular formula is C18H22F3N3O2.